The van der Waals surface area contributed by atoms with E-state index < -0.39 is 0 Å². The quantitative estimate of drug-likeness (QED) is 0.470. The van der Waals surface area contributed by atoms with E-state index in [-0.39, 0.29) is 11.9 Å². The second-order valence-electron chi connectivity index (χ2n) is 6.90. The van der Waals surface area contributed by atoms with Crippen molar-refractivity contribution >= 4 is 34.0 Å². The van der Waals surface area contributed by atoms with Crippen LogP contribution in [0.4, 0.5) is 5.69 Å². The standard InChI is InChI=1S/C24H22N2O4/c1-3-29-24(28)23-20-11-10-19(14-22(20)26-12-5-4-9-21(23)26)30-15-17-7-6-8-18(13-17)25-16(2)27/h4-14H,3,15H2,1-2H3,(H,25,27). The molecule has 152 valence electrons. The third kappa shape index (κ3) is 3.85. The van der Waals surface area contributed by atoms with Gasteiger partial charge in [-0.05, 0) is 48.9 Å². The molecule has 4 aromatic rings. The maximum atomic E-state index is 12.5. The number of rotatable bonds is 6. The highest BCUT2D eigenvalue weighted by Gasteiger charge is 2.19. The molecule has 0 aliphatic carbocycles. The molecule has 1 N–H and O–H groups in total. The molecule has 2 aromatic carbocycles. The Morgan fingerprint density at radius 1 is 1.00 bits per heavy atom. The van der Waals surface area contributed by atoms with Crippen molar-refractivity contribution in [1.82, 2.24) is 4.40 Å². The first kappa shape index (κ1) is 19.5. The Labute approximate surface area is 174 Å². The van der Waals surface area contributed by atoms with Crippen LogP contribution in [-0.2, 0) is 16.1 Å². The van der Waals surface area contributed by atoms with Gasteiger partial charge in [-0.25, -0.2) is 4.79 Å². The lowest BCUT2D eigenvalue weighted by molar-refractivity contribution is -0.114. The number of nitrogens with one attached hydrogen (secondary N) is 1. The Balaban J connectivity index is 1.65. The molecule has 0 aliphatic rings. The van der Waals surface area contributed by atoms with E-state index in [4.69, 9.17) is 9.47 Å². The maximum absolute atomic E-state index is 12.5. The molecule has 0 radical (unpaired) electrons. The van der Waals surface area contributed by atoms with Crippen LogP contribution in [-0.4, -0.2) is 22.9 Å². The van der Waals surface area contributed by atoms with Crippen LogP contribution >= 0.6 is 0 Å². The predicted octanol–water partition coefficient (Wildman–Crippen LogP) is 4.81. The van der Waals surface area contributed by atoms with Crippen molar-refractivity contribution < 1.29 is 19.1 Å². The summed E-state index contributed by atoms with van der Waals surface area (Å²) in [5.74, 6) is 0.238. The number of benzene rings is 2. The second-order valence-corrected chi connectivity index (χ2v) is 6.90. The van der Waals surface area contributed by atoms with Gasteiger partial charge in [0, 0.05) is 30.3 Å². The minimum Gasteiger partial charge on any atom is -0.489 e. The highest BCUT2D eigenvalue weighted by Crippen LogP contribution is 2.30. The minimum absolute atomic E-state index is 0.115. The normalized spacial score (nSPS) is 10.9. The Bertz CT molecular complexity index is 1240. The van der Waals surface area contributed by atoms with Crippen molar-refractivity contribution in [2.24, 2.45) is 0 Å². The zero-order valence-corrected chi connectivity index (χ0v) is 16.8. The lowest BCUT2D eigenvalue weighted by Crippen LogP contribution is -2.06. The molecule has 0 bridgehead atoms. The predicted molar refractivity (Wildman–Crippen MR) is 116 cm³/mol. The van der Waals surface area contributed by atoms with Crippen molar-refractivity contribution in [3.8, 4) is 5.75 Å². The monoisotopic (exact) mass is 402 g/mol. The van der Waals surface area contributed by atoms with Crippen molar-refractivity contribution in [2.75, 3.05) is 11.9 Å². The molecule has 2 aromatic heterocycles. The van der Waals surface area contributed by atoms with Gasteiger partial charge in [0.15, 0.2) is 0 Å². The number of nitrogens with zero attached hydrogens (tertiary/aromatic N) is 1. The summed E-state index contributed by atoms with van der Waals surface area (Å²) in [4.78, 5) is 23.8. The van der Waals surface area contributed by atoms with Crippen molar-refractivity contribution in [3.63, 3.8) is 0 Å². The average Bonchev–Trinajstić information content (AvgIpc) is 3.06. The molecule has 6 nitrogen and oxygen atoms in total. The number of pyridine rings is 1. The summed E-state index contributed by atoms with van der Waals surface area (Å²) in [5, 5.41) is 3.59. The number of hydrogen-bond acceptors (Lipinski definition) is 4. The molecular formula is C24H22N2O4. The van der Waals surface area contributed by atoms with Crippen molar-refractivity contribution in [1.29, 1.82) is 0 Å². The SMILES string of the molecule is CCOC(=O)c1c2ccc(OCc3cccc(NC(C)=O)c3)cc2n2ccccc12. The number of aromatic nitrogens is 1. The summed E-state index contributed by atoms with van der Waals surface area (Å²) in [6.45, 7) is 3.95. The third-order valence-electron chi connectivity index (χ3n) is 4.75. The molecule has 2 heterocycles. The Morgan fingerprint density at radius 2 is 1.87 bits per heavy atom. The number of hydrogen-bond donors (Lipinski definition) is 1. The van der Waals surface area contributed by atoms with E-state index in [9.17, 15) is 9.59 Å². The summed E-state index contributed by atoms with van der Waals surface area (Å²) in [7, 11) is 0. The summed E-state index contributed by atoms with van der Waals surface area (Å²) in [6.07, 6.45) is 1.92. The third-order valence-corrected chi connectivity index (χ3v) is 4.75. The van der Waals surface area contributed by atoms with Gasteiger partial charge < -0.3 is 19.2 Å². The van der Waals surface area contributed by atoms with Gasteiger partial charge in [0.05, 0.1) is 23.2 Å². The van der Waals surface area contributed by atoms with Gasteiger partial charge in [-0.1, -0.05) is 18.2 Å². The molecule has 6 heteroatoms. The van der Waals surface area contributed by atoms with Crippen molar-refractivity contribution in [2.45, 2.75) is 20.5 Å². The van der Waals surface area contributed by atoms with Crippen LogP contribution in [0, 0.1) is 0 Å². The van der Waals surface area contributed by atoms with Crippen LogP contribution in [0.1, 0.15) is 29.8 Å². The average molecular weight is 402 g/mol. The van der Waals surface area contributed by atoms with Gasteiger partial charge in [-0.3, -0.25) is 4.79 Å². The van der Waals surface area contributed by atoms with E-state index in [2.05, 4.69) is 5.32 Å². The first-order valence-corrected chi connectivity index (χ1v) is 9.76. The lowest BCUT2D eigenvalue weighted by atomic mass is 10.1. The van der Waals surface area contributed by atoms with Gasteiger partial charge >= 0.3 is 5.97 Å². The molecule has 30 heavy (non-hydrogen) atoms. The van der Waals surface area contributed by atoms with Gasteiger partial charge in [-0.2, -0.15) is 0 Å². The van der Waals surface area contributed by atoms with E-state index >= 15 is 0 Å². The second kappa shape index (κ2) is 8.29. The minimum atomic E-state index is -0.334. The molecule has 0 spiro atoms. The number of carbonyl (C=O) groups is 2. The Morgan fingerprint density at radius 3 is 2.67 bits per heavy atom. The first-order valence-electron chi connectivity index (χ1n) is 9.76. The molecule has 0 aliphatic heterocycles. The molecule has 1 amide bonds. The van der Waals surface area contributed by atoms with Gasteiger partial charge in [0.1, 0.15) is 12.4 Å². The maximum Gasteiger partial charge on any atom is 0.340 e. The van der Waals surface area contributed by atoms with Gasteiger partial charge in [-0.15, -0.1) is 0 Å². The summed E-state index contributed by atoms with van der Waals surface area (Å²) < 4.78 is 13.2. The van der Waals surface area contributed by atoms with Crippen LogP contribution in [0.15, 0.2) is 66.9 Å². The van der Waals surface area contributed by atoms with Crippen LogP contribution in [0.3, 0.4) is 0 Å². The van der Waals surface area contributed by atoms with E-state index in [0.717, 1.165) is 27.7 Å². The fourth-order valence-electron chi connectivity index (χ4n) is 3.53. The molecule has 0 saturated heterocycles. The molecule has 0 atom stereocenters. The molecular weight excluding hydrogens is 380 g/mol. The van der Waals surface area contributed by atoms with E-state index in [0.29, 0.717) is 24.5 Å². The Hall–Kier alpha value is -3.80. The van der Waals surface area contributed by atoms with E-state index in [1.807, 2.05) is 71.3 Å². The van der Waals surface area contributed by atoms with E-state index in [1.54, 1.807) is 6.92 Å². The summed E-state index contributed by atoms with van der Waals surface area (Å²) in [5.41, 5.74) is 3.90. The number of fused-ring (bicyclic) bond motifs is 3. The summed E-state index contributed by atoms with van der Waals surface area (Å²) >= 11 is 0. The number of ether oxygens (including phenoxy) is 2. The van der Waals surface area contributed by atoms with Crippen LogP contribution in [0.25, 0.3) is 16.4 Å². The fraction of sp³-hybridized carbons (Fsp3) is 0.167. The number of anilines is 1. The number of carbonyl (C=O) groups excluding carboxylic acids is 2. The molecule has 4 rings (SSSR count). The molecule has 0 unspecified atom stereocenters. The van der Waals surface area contributed by atoms with Gasteiger partial charge in [0.25, 0.3) is 0 Å². The highest BCUT2D eigenvalue weighted by molar-refractivity contribution is 6.11. The molecule has 0 saturated carbocycles. The van der Waals surface area contributed by atoms with Crippen LogP contribution < -0.4 is 10.1 Å². The fourth-order valence-corrected chi connectivity index (χ4v) is 3.53. The highest BCUT2D eigenvalue weighted by atomic mass is 16.5. The van der Waals surface area contributed by atoms with Crippen LogP contribution in [0.2, 0.25) is 0 Å². The largest absolute Gasteiger partial charge is 0.489 e. The smallest absolute Gasteiger partial charge is 0.340 e. The first-order chi connectivity index (χ1) is 14.6. The zero-order valence-electron chi connectivity index (χ0n) is 16.8. The number of amides is 1. The Kier molecular flexibility index (Phi) is 5.39. The van der Waals surface area contributed by atoms with Crippen LogP contribution in [0.5, 0.6) is 5.75 Å². The topological polar surface area (TPSA) is 69.0 Å². The lowest BCUT2D eigenvalue weighted by Gasteiger charge is -2.09. The van der Waals surface area contributed by atoms with Gasteiger partial charge in [0.2, 0.25) is 5.91 Å². The molecule has 0 fully saturated rings. The number of esters is 1. The summed E-state index contributed by atoms with van der Waals surface area (Å²) in [6, 6.07) is 18.9. The van der Waals surface area contributed by atoms with Crippen molar-refractivity contribution in [3.05, 3.63) is 78.0 Å². The zero-order chi connectivity index (χ0) is 21.1. The van der Waals surface area contributed by atoms with E-state index in [1.165, 1.54) is 6.92 Å².